The van der Waals surface area contributed by atoms with E-state index in [1.165, 1.54) is 13.8 Å². The number of nitrogens with one attached hydrogen (secondary N) is 2. The number of carbonyl (C=O) groups excluding carboxylic acids is 4. The lowest BCUT2D eigenvalue weighted by molar-refractivity contribution is -0.137. The molecule has 0 bridgehead atoms. The zero-order valence-corrected chi connectivity index (χ0v) is 19.9. The Morgan fingerprint density at radius 3 is 2.06 bits per heavy atom. The van der Waals surface area contributed by atoms with Crippen LogP contribution >= 0.6 is 0 Å². The van der Waals surface area contributed by atoms with Crippen molar-refractivity contribution < 1.29 is 29.1 Å². The Kier molecular flexibility index (Phi) is 9.24. The predicted molar refractivity (Wildman–Crippen MR) is 129 cm³/mol. The molecule has 180 valence electrons. The summed E-state index contributed by atoms with van der Waals surface area (Å²) in [4.78, 5) is 55.8. The molecule has 0 aliphatic heterocycles. The molecule has 1 aliphatic rings. The van der Waals surface area contributed by atoms with Gasteiger partial charge in [0, 0.05) is 49.2 Å². The fourth-order valence-corrected chi connectivity index (χ4v) is 3.60. The SMILES string of the molecule is CC(=O)Nc1cc(C(=O)CCC(=O)O)ccc1C.CC(=O)Nc1cc2c(cc1C)C(=O)CCC2. The highest BCUT2D eigenvalue weighted by atomic mass is 16.4. The van der Waals surface area contributed by atoms with Crippen LogP contribution in [0.5, 0.6) is 0 Å². The number of anilines is 2. The molecule has 8 nitrogen and oxygen atoms in total. The minimum atomic E-state index is -1.00. The van der Waals surface area contributed by atoms with Crippen molar-refractivity contribution in [1.29, 1.82) is 0 Å². The zero-order valence-electron chi connectivity index (χ0n) is 19.9. The average molecular weight is 467 g/mol. The van der Waals surface area contributed by atoms with E-state index < -0.39 is 5.97 Å². The van der Waals surface area contributed by atoms with Gasteiger partial charge >= 0.3 is 5.97 Å². The topological polar surface area (TPSA) is 130 Å². The van der Waals surface area contributed by atoms with E-state index in [4.69, 9.17) is 5.11 Å². The number of carbonyl (C=O) groups is 5. The van der Waals surface area contributed by atoms with Crippen LogP contribution in [0.15, 0.2) is 30.3 Å². The molecule has 0 saturated carbocycles. The largest absolute Gasteiger partial charge is 0.481 e. The maximum atomic E-state index is 11.7. The second-order valence-corrected chi connectivity index (χ2v) is 8.31. The third-order valence-electron chi connectivity index (χ3n) is 5.35. The van der Waals surface area contributed by atoms with E-state index in [1.54, 1.807) is 18.2 Å². The number of rotatable bonds is 6. The first-order chi connectivity index (χ1) is 16.0. The molecule has 3 rings (SSSR count). The van der Waals surface area contributed by atoms with Crippen LogP contribution in [-0.2, 0) is 20.8 Å². The quantitative estimate of drug-likeness (QED) is 0.539. The van der Waals surface area contributed by atoms with Gasteiger partial charge in [0.2, 0.25) is 11.8 Å². The lowest BCUT2D eigenvalue weighted by atomic mass is 9.89. The second kappa shape index (κ2) is 11.9. The van der Waals surface area contributed by atoms with E-state index in [-0.39, 0.29) is 36.2 Å². The molecule has 8 heteroatoms. The van der Waals surface area contributed by atoms with Crippen molar-refractivity contribution in [3.8, 4) is 0 Å². The standard InChI is InChI=1S/C13H15NO4.C13H15NO2/c1-8-3-4-10(7-11(8)14-9(2)15)12(16)5-6-13(17)18;1-8-6-11-10(4-3-5-13(11)16)7-12(8)14-9(2)15/h3-4,7H,5-6H2,1-2H3,(H,14,15)(H,17,18);6-7H,3-5H2,1-2H3,(H,14,15). The monoisotopic (exact) mass is 466 g/mol. The van der Waals surface area contributed by atoms with Gasteiger partial charge in [-0.25, -0.2) is 0 Å². The second-order valence-electron chi connectivity index (χ2n) is 8.31. The minimum Gasteiger partial charge on any atom is -0.481 e. The third kappa shape index (κ3) is 7.65. The van der Waals surface area contributed by atoms with Gasteiger partial charge in [-0.05, 0) is 61.6 Å². The van der Waals surface area contributed by atoms with E-state index in [0.717, 1.165) is 40.8 Å². The van der Waals surface area contributed by atoms with Crippen LogP contribution in [0, 0.1) is 13.8 Å². The van der Waals surface area contributed by atoms with Crippen molar-refractivity contribution in [2.24, 2.45) is 0 Å². The van der Waals surface area contributed by atoms with Gasteiger partial charge in [-0.15, -0.1) is 0 Å². The van der Waals surface area contributed by atoms with Gasteiger partial charge in [0.25, 0.3) is 0 Å². The number of aryl methyl sites for hydroxylation is 3. The van der Waals surface area contributed by atoms with Gasteiger partial charge in [-0.1, -0.05) is 12.1 Å². The van der Waals surface area contributed by atoms with Crippen LogP contribution in [0.2, 0.25) is 0 Å². The van der Waals surface area contributed by atoms with Crippen molar-refractivity contribution in [3.05, 3.63) is 58.1 Å². The Morgan fingerprint density at radius 1 is 0.853 bits per heavy atom. The van der Waals surface area contributed by atoms with Crippen molar-refractivity contribution >= 4 is 40.7 Å². The first-order valence-electron chi connectivity index (χ1n) is 11.1. The number of hydrogen-bond acceptors (Lipinski definition) is 5. The molecular formula is C26H30N2O6. The Hall–Kier alpha value is -3.81. The Labute approximate surface area is 198 Å². The van der Waals surface area contributed by atoms with E-state index >= 15 is 0 Å². The molecule has 0 aromatic heterocycles. The van der Waals surface area contributed by atoms with Gasteiger partial charge in [-0.2, -0.15) is 0 Å². The molecule has 1 aliphatic carbocycles. The van der Waals surface area contributed by atoms with Gasteiger partial charge in [-0.3, -0.25) is 24.0 Å². The van der Waals surface area contributed by atoms with Crippen LogP contribution in [0.1, 0.15) is 76.9 Å². The number of hydrogen-bond donors (Lipinski definition) is 3. The molecular weight excluding hydrogens is 436 g/mol. The Bertz CT molecular complexity index is 1140. The van der Waals surface area contributed by atoms with Gasteiger partial charge < -0.3 is 15.7 Å². The summed E-state index contributed by atoms with van der Waals surface area (Å²) in [6.07, 6.45) is 2.24. The van der Waals surface area contributed by atoms with Crippen molar-refractivity contribution in [2.45, 2.75) is 59.8 Å². The summed E-state index contributed by atoms with van der Waals surface area (Å²) in [6.45, 7) is 6.60. The molecule has 3 N–H and O–H groups in total. The number of Topliss-reactive ketones (excluding diaryl/α,β-unsaturated/α-hetero) is 2. The van der Waals surface area contributed by atoms with Crippen LogP contribution in [0.25, 0.3) is 0 Å². The molecule has 0 atom stereocenters. The summed E-state index contributed by atoms with van der Waals surface area (Å²) < 4.78 is 0. The predicted octanol–water partition coefficient (Wildman–Crippen LogP) is 4.47. The molecule has 34 heavy (non-hydrogen) atoms. The number of carboxylic acid groups (broad SMARTS) is 1. The fourth-order valence-electron chi connectivity index (χ4n) is 3.60. The third-order valence-corrected chi connectivity index (χ3v) is 5.35. The molecule has 0 radical (unpaired) electrons. The molecule has 0 heterocycles. The minimum absolute atomic E-state index is 0.0437. The number of aliphatic carboxylic acids is 1. The highest BCUT2D eigenvalue weighted by molar-refractivity contribution is 6.00. The molecule has 0 unspecified atom stereocenters. The molecule has 0 spiro atoms. The number of ketones is 2. The fraction of sp³-hybridized carbons (Fsp3) is 0.346. The first kappa shape index (κ1) is 26.4. The molecule has 2 amide bonds. The van der Waals surface area contributed by atoms with Crippen LogP contribution in [0.4, 0.5) is 11.4 Å². The molecule has 2 aromatic rings. The lowest BCUT2D eigenvalue weighted by Gasteiger charge is -2.17. The number of fused-ring (bicyclic) bond motifs is 1. The van der Waals surface area contributed by atoms with Crippen molar-refractivity contribution in [2.75, 3.05) is 10.6 Å². The molecule has 0 fully saturated rings. The summed E-state index contributed by atoms with van der Waals surface area (Å²) in [5.41, 5.74) is 5.49. The first-order valence-corrected chi connectivity index (χ1v) is 11.1. The highest BCUT2D eigenvalue weighted by Crippen LogP contribution is 2.27. The zero-order chi connectivity index (χ0) is 25.4. The van der Waals surface area contributed by atoms with Gasteiger partial charge in [0.15, 0.2) is 11.6 Å². The number of carboxylic acids is 1. The summed E-state index contributed by atoms with van der Waals surface area (Å²) in [7, 11) is 0. The maximum absolute atomic E-state index is 11.7. The van der Waals surface area contributed by atoms with E-state index in [2.05, 4.69) is 10.6 Å². The van der Waals surface area contributed by atoms with Crippen molar-refractivity contribution in [3.63, 3.8) is 0 Å². The smallest absolute Gasteiger partial charge is 0.303 e. The highest BCUT2D eigenvalue weighted by Gasteiger charge is 2.18. The van der Waals surface area contributed by atoms with E-state index in [1.807, 2.05) is 26.0 Å². The van der Waals surface area contributed by atoms with E-state index in [0.29, 0.717) is 17.7 Å². The maximum Gasteiger partial charge on any atom is 0.303 e. The van der Waals surface area contributed by atoms with E-state index in [9.17, 15) is 24.0 Å². The Morgan fingerprint density at radius 2 is 1.47 bits per heavy atom. The Balaban J connectivity index is 0.000000241. The van der Waals surface area contributed by atoms with Crippen LogP contribution in [-0.4, -0.2) is 34.5 Å². The van der Waals surface area contributed by atoms with Crippen molar-refractivity contribution in [1.82, 2.24) is 0 Å². The van der Waals surface area contributed by atoms with Gasteiger partial charge in [0.1, 0.15) is 0 Å². The summed E-state index contributed by atoms with van der Waals surface area (Å²) in [5.74, 6) is -1.32. The van der Waals surface area contributed by atoms with Crippen LogP contribution < -0.4 is 10.6 Å². The summed E-state index contributed by atoms with van der Waals surface area (Å²) in [5, 5.41) is 13.9. The number of amides is 2. The van der Waals surface area contributed by atoms with Gasteiger partial charge in [0.05, 0.1) is 6.42 Å². The lowest BCUT2D eigenvalue weighted by Crippen LogP contribution is -2.14. The van der Waals surface area contributed by atoms with Crippen LogP contribution in [0.3, 0.4) is 0 Å². The molecule has 0 saturated heterocycles. The normalized spacial score (nSPS) is 12.1. The molecule has 2 aromatic carbocycles. The summed E-state index contributed by atoms with van der Waals surface area (Å²) >= 11 is 0. The average Bonchev–Trinajstić information content (AvgIpc) is 2.74. The number of benzene rings is 2. The summed E-state index contributed by atoms with van der Waals surface area (Å²) in [6, 6.07) is 8.75.